The van der Waals surface area contributed by atoms with Gasteiger partial charge >= 0.3 is 0 Å². The number of hydrogen-bond donors (Lipinski definition) is 2. The van der Waals surface area contributed by atoms with Crippen LogP contribution in [0.25, 0.3) is 0 Å². The Morgan fingerprint density at radius 3 is 2.58 bits per heavy atom. The average molecular weight is 444 g/mol. The summed E-state index contributed by atoms with van der Waals surface area (Å²) in [5.74, 6) is 1.22. The Bertz CT molecular complexity index is 910. The molecule has 1 aliphatic heterocycles. The van der Waals surface area contributed by atoms with E-state index in [4.69, 9.17) is 9.47 Å². The van der Waals surface area contributed by atoms with E-state index in [2.05, 4.69) is 10.6 Å². The maximum Gasteiger partial charge on any atom is 0.241 e. The minimum Gasteiger partial charge on any atom is -0.486 e. The van der Waals surface area contributed by atoms with Gasteiger partial charge in [-0.3, -0.25) is 14.9 Å². The van der Waals surface area contributed by atoms with Crippen molar-refractivity contribution < 1.29 is 19.1 Å². The minimum atomic E-state index is -0.677. The lowest BCUT2D eigenvalue weighted by molar-refractivity contribution is -0.129. The number of benzene rings is 1. The molecule has 2 aliphatic rings. The molecule has 1 aliphatic carbocycles. The molecule has 0 bridgehead atoms. The highest BCUT2D eigenvalue weighted by molar-refractivity contribution is 7.09. The third-order valence-corrected chi connectivity index (χ3v) is 6.84. The van der Waals surface area contributed by atoms with Crippen molar-refractivity contribution in [1.29, 1.82) is 0 Å². The number of ether oxygens (including phenoxy) is 2. The molecule has 2 amide bonds. The number of nitrogens with one attached hydrogen (secondary N) is 2. The number of fused-ring (bicyclic) bond motifs is 1. The van der Waals surface area contributed by atoms with Crippen LogP contribution in [0, 0.1) is 0 Å². The molecule has 166 valence electrons. The van der Waals surface area contributed by atoms with Crippen molar-refractivity contribution in [2.75, 3.05) is 31.7 Å². The second-order valence-corrected chi connectivity index (χ2v) is 8.99. The molecule has 1 saturated carbocycles. The van der Waals surface area contributed by atoms with Gasteiger partial charge in [0.25, 0.3) is 0 Å². The molecule has 1 fully saturated rings. The van der Waals surface area contributed by atoms with Crippen molar-refractivity contribution in [2.24, 2.45) is 0 Å². The molecule has 0 saturated heterocycles. The topological polar surface area (TPSA) is 79.9 Å². The van der Waals surface area contributed by atoms with Gasteiger partial charge in [0.1, 0.15) is 13.2 Å². The Morgan fingerprint density at radius 1 is 1.10 bits per heavy atom. The van der Waals surface area contributed by atoms with Gasteiger partial charge in [-0.15, -0.1) is 11.3 Å². The van der Waals surface area contributed by atoms with Gasteiger partial charge in [-0.05, 0) is 36.4 Å². The zero-order valence-corrected chi connectivity index (χ0v) is 18.6. The summed E-state index contributed by atoms with van der Waals surface area (Å²) in [6, 6.07) is 9.58. The summed E-state index contributed by atoms with van der Waals surface area (Å²) < 4.78 is 11.3. The predicted molar refractivity (Wildman–Crippen MR) is 121 cm³/mol. The van der Waals surface area contributed by atoms with E-state index in [9.17, 15) is 9.59 Å². The monoisotopic (exact) mass is 443 g/mol. The van der Waals surface area contributed by atoms with Gasteiger partial charge < -0.3 is 19.7 Å². The van der Waals surface area contributed by atoms with Gasteiger partial charge in [-0.2, -0.15) is 0 Å². The number of amides is 2. The average Bonchev–Trinajstić information content (AvgIpc) is 3.34. The standard InChI is InChI=1S/C23H29N3O4S/c1-24-22(28)23(9-3-2-4-10-23)25-15-21(27)26(16-18-6-5-13-31-18)17-7-8-19-20(14-17)30-12-11-29-19/h5-8,13-14,25H,2-4,9-12,15-16H2,1H3,(H,24,28). The molecule has 7 nitrogen and oxygen atoms in total. The number of hydrogen-bond acceptors (Lipinski definition) is 6. The highest BCUT2D eigenvalue weighted by atomic mass is 32.1. The fraction of sp³-hybridized carbons (Fsp3) is 0.478. The number of likely N-dealkylation sites (N-methyl/N-ethyl adjacent to an activating group) is 1. The maximum absolute atomic E-state index is 13.4. The third-order valence-electron chi connectivity index (χ3n) is 5.98. The zero-order valence-electron chi connectivity index (χ0n) is 17.8. The lowest BCUT2D eigenvalue weighted by Crippen LogP contribution is -2.59. The summed E-state index contributed by atoms with van der Waals surface area (Å²) in [5.41, 5.74) is 0.0754. The number of thiophene rings is 1. The highest BCUT2D eigenvalue weighted by Crippen LogP contribution is 2.35. The first kappa shape index (κ1) is 21.6. The minimum absolute atomic E-state index is 0.0378. The van der Waals surface area contributed by atoms with Crippen LogP contribution in [0.4, 0.5) is 5.69 Å². The van der Waals surface area contributed by atoms with E-state index >= 15 is 0 Å². The van der Waals surface area contributed by atoms with E-state index in [1.54, 1.807) is 23.3 Å². The normalized spacial score (nSPS) is 17.1. The maximum atomic E-state index is 13.4. The molecule has 31 heavy (non-hydrogen) atoms. The van der Waals surface area contributed by atoms with Gasteiger partial charge in [-0.1, -0.05) is 25.3 Å². The Labute approximate surface area is 186 Å². The summed E-state index contributed by atoms with van der Waals surface area (Å²) in [7, 11) is 1.65. The first-order chi connectivity index (χ1) is 15.1. The number of carbonyl (C=O) groups excluding carboxylic acids is 2. The predicted octanol–water partition coefficient (Wildman–Crippen LogP) is 3.09. The second kappa shape index (κ2) is 9.70. The molecule has 0 radical (unpaired) electrons. The molecule has 0 atom stereocenters. The summed E-state index contributed by atoms with van der Waals surface area (Å²) in [4.78, 5) is 28.9. The molecule has 0 unspecified atom stereocenters. The van der Waals surface area contributed by atoms with Crippen molar-refractivity contribution in [3.63, 3.8) is 0 Å². The van der Waals surface area contributed by atoms with E-state index < -0.39 is 5.54 Å². The SMILES string of the molecule is CNC(=O)C1(NCC(=O)N(Cc2cccs2)c2ccc3c(c2)OCCO3)CCCCC1. The van der Waals surface area contributed by atoms with E-state index in [0.29, 0.717) is 31.3 Å². The lowest BCUT2D eigenvalue weighted by atomic mass is 9.81. The summed E-state index contributed by atoms with van der Waals surface area (Å²) in [6.07, 6.45) is 4.57. The first-order valence-corrected chi connectivity index (χ1v) is 11.7. The van der Waals surface area contributed by atoms with Crippen LogP contribution in [-0.2, 0) is 16.1 Å². The van der Waals surface area contributed by atoms with Crippen molar-refractivity contribution in [1.82, 2.24) is 10.6 Å². The number of carbonyl (C=O) groups is 2. The van der Waals surface area contributed by atoms with Crippen molar-refractivity contribution in [2.45, 2.75) is 44.2 Å². The van der Waals surface area contributed by atoms with Crippen LogP contribution in [0.3, 0.4) is 0 Å². The molecule has 2 N–H and O–H groups in total. The summed E-state index contributed by atoms with van der Waals surface area (Å²) in [5, 5.41) is 8.10. The van der Waals surface area contributed by atoms with Gasteiger partial charge in [0, 0.05) is 23.7 Å². The van der Waals surface area contributed by atoms with E-state index in [1.165, 1.54) is 0 Å². The Hall–Kier alpha value is -2.58. The molecule has 1 aromatic carbocycles. The molecular formula is C23H29N3O4S. The van der Waals surface area contributed by atoms with Crippen LogP contribution in [0.1, 0.15) is 37.0 Å². The number of rotatable bonds is 7. The van der Waals surface area contributed by atoms with Gasteiger partial charge in [0.05, 0.1) is 18.6 Å². The van der Waals surface area contributed by atoms with Crippen LogP contribution >= 0.6 is 11.3 Å². The molecule has 0 spiro atoms. The van der Waals surface area contributed by atoms with Gasteiger partial charge in [-0.25, -0.2) is 0 Å². The third kappa shape index (κ3) is 4.85. The molecule has 1 aromatic heterocycles. The lowest BCUT2D eigenvalue weighted by Gasteiger charge is -2.37. The molecule has 4 rings (SSSR count). The van der Waals surface area contributed by atoms with Crippen LogP contribution in [0.2, 0.25) is 0 Å². The fourth-order valence-electron chi connectivity index (χ4n) is 4.30. The fourth-order valence-corrected chi connectivity index (χ4v) is 4.99. The molecule has 2 aromatic rings. The smallest absolute Gasteiger partial charge is 0.241 e. The van der Waals surface area contributed by atoms with Crippen molar-refractivity contribution >= 4 is 28.8 Å². The van der Waals surface area contributed by atoms with Crippen molar-refractivity contribution in [3.8, 4) is 11.5 Å². The first-order valence-electron chi connectivity index (χ1n) is 10.8. The van der Waals surface area contributed by atoms with E-state index in [1.807, 2.05) is 35.7 Å². The number of anilines is 1. The number of nitrogens with zero attached hydrogens (tertiary/aromatic N) is 1. The van der Waals surface area contributed by atoms with Crippen LogP contribution in [0.15, 0.2) is 35.7 Å². The Morgan fingerprint density at radius 2 is 1.87 bits per heavy atom. The van der Waals surface area contributed by atoms with Gasteiger partial charge in [0.15, 0.2) is 11.5 Å². The summed E-state index contributed by atoms with van der Waals surface area (Å²) >= 11 is 1.61. The van der Waals surface area contributed by atoms with Gasteiger partial charge in [0.2, 0.25) is 11.8 Å². The molecular weight excluding hydrogens is 414 g/mol. The van der Waals surface area contributed by atoms with Crippen LogP contribution in [0.5, 0.6) is 11.5 Å². The summed E-state index contributed by atoms with van der Waals surface area (Å²) in [6.45, 7) is 1.57. The largest absolute Gasteiger partial charge is 0.486 e. The zero-order chi connectivity index (χ0) is 21.7. The highest BCUT2D eigenvalue weighted by Gasteiger charge is 2.39. The van der Waals surface area contributed by atoms with Crippen molar-refractivity contribution in [3.05, 3.63) is 40.6 Å². The second-order valence-electron chi connectivity index (χ2n) is 7.96. The van der Waals surface area contributed by atoms with Crippen LogP contribution < -0.4 is 25.0 Å². The molecule has 8 heteroatoms. The molecule has 2 heterocycles. The van der Waals surface area contributed by atoms with E-state index in [0.717, 1.165) is 42.7 Å². The Balaban J connectivity index is 1.55. The Kier molecular flexibility index (Phi) is 6.77. The van der Waals surface area contributed by atoms with E-state index in [-0.39, 0.29) is 18.4 Å². The quantitative estimate of drug-likeness (QED) is 0.688. The van der Waals surface area contributed by atoms with Crippen LogP contribution in [-0.4, -0.2) is 44.2 Å².